The maximum Gasteiger partial charge on any atom is 0.0914 e. The topological polar surface area (TPSA) is 9.23 Å². The number of hydrogen-bond donors (Lipinski definition) is 0. The van der Waals surface area contributed by atoms with Crippen LogP contribution in [0.2, 0.25) is 5.02 Å². The van der Waals surface area contributed by atoms with Gasteiger partial charge in [0.15, 0.2) is 0 Å². The second-order valence-corrected chi connectivity index (χ2v) is 6.00. The Balaban J connectivity index is 1.89. The molecule has 1 aromatic rings. The Morgan fingerprint density at radius 1 is 1.24 bits per heavy atom. The van der Waals surface area contributed by atoms with Gasteiger partial charge in [0.25, 0.3) is 0 Å². The van der Waals surface area contributed by atoms with Crippen molar-refractivity contribution in [2.75, 3.05) is 11.0 Å². The summed E-state index contributed by atoms with van der Waals surface area (Å²) in [4.78, 5) is 0. The molecule has 0 bridgehead atoms. The summed E-state index contributed by atoms with van der Waals surface area (Å²) in [5, 5.41) is 0.789. The van der Waals surface area contributed by atoms with Gasteiger partial charge >= 0.3 is 0 Å². The zero-order valence-electron chi connectivity index (χ0n) is 9.87. The molecule has 1 saturated carbocycles. The summed E-state index contributed by atoms with van der Waals surface area (Å²) in [6.07, 6.45) is 5.66. The molecule has 1 aliphatic carbocycles. The highest BCUT2D eigenvalue weighted by molar-refractivity contribution is 14.1. The molecule has 0 N–H and O–H groups in total. The summed E-state index contributed by atoms with van der Waals surface area (Å²) >= 11 is 8.29. The first-order valence-corrected chi connectivity index (χ1v) is 8.13. The molecule has 0 heterocycles. The van der Waals surface area contributed by atoms with Crippen LogP contribution in [0, 0.1) is 5.92 Å². The van der Waals surface area contributed by atoms with Gasteiger partial charge in [-0.2, -0.15) is 0 Å². The summed E-state index contributed by atoms with van der Waals surface area (Å²) in [6, 6.07) is 8.02. The van der Waals surface area contributed by atoms with Crippen molar-refractivity contribution < 1.29 is 4.74 Å². The van der Waals surface area contributed by atoms with Gasteiger partial charge in [-0.1, -0.05) is 59.2 Å². The quantitative estimate of drug-likeness (QED) is 0.526. The Bertz CT molecular complexity index is 333. The van der Waals surface area contributed by atoms with Crippen molar-refractivity contribution in [2.45, 2.75) is 31.8 Å². The van der Waals surface area contributed by atoms with E-state index in [9.17, 15) is 0 Å². The Kier molecular flexibility index (Phi) is 5.57. The number of alkyl halides is 1. The number of halogens is 2. The van der Waals surface area contributed by atoms with Crippen LogP contribution >= 0.6 is 34.2 Å². The number of hydrogen-bond acceptors (Lipinski definition) is 1. The molecule has 3 heteroatoms. The molecule has 1 aromatic carbocycles. The normalized spacial score (nSPS) is 18.5. The van der Waals surface area contributed by atoms with Gasteiger partial charge in [-0.3, -0.25) is 0 Å². The molecular weight excluding hydrogens is 347 g/mol. The van der Waals surface area contributed by atoms with Gasteiger partial charge in [-0.25, -0.2) is 0 Å². The molecule has 1 unspecified atom stereocenters. The third-order valence-corrected chi connectivity index (χ3v) is 4.44. The molecule has 1 atom stereocenters. The van der Waals surface area contributed by atoms with E-state index in [1.807, 2.05) is 12.1 Å². The fraction of sp³-hybridized carbons (Fsp3) is 0.571. The Morgan fingerprint density at radius 2 is 1.88 bits per heavy atom. The van der Waals surface area contributed by atoms with Crippen molar-refractivity contribution in [1.82, 2.24) is 0 Å². The van der Waals surface area contributed by atoms with Crippen LogP contribution in [0.3, 0.4) is 0 Å². The van der Waals surface area contributed by atoms with E-state index in [0.717, 1.165) is 22.0 Å². The van der Waals surface area contributed by atoms with Gasteiger partial charge in [0.05, 0.1) is 12.7 Å². The molecule has 0 aliphatic heterocycles. The minimum absolute atomic E-state index is 0.216. The van der Waals surface area contributed by atoms with Crippen molar-refractivity contribution in [1.29, 1.82) is 0 Å². The first-order valence-electron chi connectivity index (χ1n) is 6.22. The maximum absolute atomic E-state index is 6.05. The lowest BCUT2D eigenvalue weighted by molar-refractivity contribution is 0.0454. The first kappa shape index (κ1) is 13.6. The average Bonchev–Trinajstić information content (AvgIpc) is 2.85. The average molecular weight is 365 g/mol. The largest absolute Gasteiger partial charge is 0.372 e. The van der Waals surface area contributed by atoms with Gasteiger partial charge in [-0.15, -0.1) is 0 Å². The van der Waals surface area contributed by atoms with Gasteiger partial charge in [0, 0.05) is 9.45 Å². The molecule has 0 radical (unpaired) electrons. The van der Waals surface area contributed by atoms with Crippen LogP contribution in [-0.2, 0) is 4.74 Å². The SMILES string of the molecule is Clc1ccc(C(CI)OCC2CCCC2)cc1. The number of rotatable bonds is 5. The molecule has 0 aromatic heterocycles. The van der Waals surface area contributed by atoms with Gasteiger partial charge in [0.1, 0.15) is 0 Å². The number of benzene rings is 1. The highest BCUT2D eigenvalue weighted by atomic mass is 127. The third kappa shape index (κ3) is 4.11. The number of ether oxygens (including phenoxy) is 1. The molecule has 1 fully saturated rings. The van der Waals surface area contributed by atoms with Crippen molar-refractivity contribution in [3.05, 3.63) is 34.9 Å². The van der Waals surface area contributed by atoms with Crippen LogP contribution in [0.1, 0.15) is 37.4 Å². The second-order valence-electron chi connectivity index (χ2n) is 4.68. The zero-order chi connectivity index (χ0) is 12.1. The summed E-state index contributed by atoms with van der Waals surface area (Å²) in [5.41, 5.74) is 1.24. The van der Waals surface area contributed by atoms with Crippen LogP contribution in [0.25, 0.3) is 0 Å². The predicted octanol–water partition coefficient (Wildman–Crippen LogP) is 5.02. The van der Waals surface area contributed by atoms with E-state index in [-0.39, 0.29) is 6.10 Å². The maximum atomic E-state index is 6.05. The summed E-state index contributed by atoms with van der Waals surface area (Å²) < 4.78 is 7.04. The van der Waals surface area contributed by atoms with Crippen LogP contribution in [-0.4, -0.2) is 11.0 Å². The highest BCUT2D eigenvalue weighted by Gasteiger charge is 2.18. The van der Waals surface area contributed by atoms with Crippen molar-refractivity contribution >= 4 is 34.2 Å². The molecule has 17 heavy (non-hydrogen) atoms. The van der Waals surface area contributed by atoms with E-state index >= 15 is 0 Å². The smallest absolute Gasteiger partial charge is 0.0914 e. The van der Waals surface area contributed by atoms with Gasteiger partial charge in [0.2, 0.25) is 0 Å². The summed E-state index contributed by atoms with van der Waals surface area (Å²) in [5.74, 6) is 0.785. The van der Waals surface area contributed by atoms with Crippen LogP contribution in [0.5, 0.6) is 0 Å². The minimum Gasteiger partial charge on any atom is -0.372 e. The minimum atomic E-state index is 0.216. The van der Waals surface area contributed by atoms with E-state index in [4.69, 9.17) is 16.3 Å². The lowest BCUT2D eigenvalue weighted by Gasteiger charge is -2.18. The van der Waals surface area contributed by atoms with E-state index in [1.165, 1.54) is 31.2 Å². The second kappa shape index (κ2) is 6.95. The van der Waals surface area contributed by atoms with Gasteiger partial charge < -0.3 is 4.74 Å². The fourth-order valence-electron chi connectivity index (χ4n) is 2.34. The highest BCUT2D eigenvalue weighted by Crippen LogP contribution is 2.28. The lowest BCUT2D eigenvalue weighted by Crippen LogP contribution is -2.12. The molecule has 94 valence electrons. The van der Waals surface area contributed by atoms with Crippen LogP contribution < -0.4 is 0 Å². The Labute approximate surface area is 122 Å². The van der Waals surface area contributed by atoms with Crippen molar-refractivity contribution in [3.63, 3.8) is 0 Å². The molecule has 1 nitrogen and oxygen atoms in total. The first-order chi connectivity index (χ1) is 8.29. The van der Waals surface area contributed by atoms with Crippen molar-refractivity contribution in [2.24, 2.45) is 5.92 Å². The standard InChI is InChI=1S/C14H18ClIO/c15-13-7-5-12(6-8-13)14(9-16)17-10-11-3-1-2-4-11/h5-8,11,14H,1-4,9-10H2. The third-order valence-electron chi connectivity index (χ3n) is 3.39. The van der Waals surface area contributed by atoms with E-state index < -0.39 is 0 Å². The van der Waals surface area contributed by atoms with E-state index in [0.29, 0.717) is 0 Å². The molecular formula is C14H18ClIO. The van der Waals surface area contributed by atoms with Crippen LogP contribution in [0.15, 0.2) is 24.3 Å². The van der Waals surface area contributed by atoms with Crippen molar-refractivity contribution in [3.8, 4) is 0 Å². The van der Waals surface area contributed by atoms with Gasteiger partial charge in [-0.05, 0) is 36.5 Å². The summed E-state index contributed by atoms with van der Waals surface area (Å²) in [6.45, 7) is 0.913. The molecule has 2 rings (SSSR count). The zero-order valence-corrected chi connectivity index (χ0v) is 12.8. The predicted molar refractivity (Wildman–Crippen MR) is 81.0 cm³/mol. The lowest BCUT2D eigenvalue weighted by atomic mass is 10.1. The molecule has 0 amide bonds. The van der Waals surface area contributed by atoms with Crippen LogP contribution in [0.4, 0.5) is 0 Å². The Morgan fingerprint density at radius 3 is 2.47 bits per heavy atom. The van der Waals surface area contributed by atoms with E-state index in [1.54, 1.807) is 0 Å². The monoisotopic (exact) mass is 364 g/mol. The molecule has 1 aliphatic rings. The van der Waals surface area contributed by atoms with E-state index in [2.05, 4.69) is 34.7 Å². The Hall–Kier alpha value is 0.200. The fourth-order valence-corrected chi connectivity index (χ4v) is 3.23. The summed E-state index contributed by atoms with van der Waals surface area (Å²) in [7, 11) is 0. The molecule has 0 saturated heterocycles. The molecule has 0 spiro atoms.